The van der Waals surface area contributed by atoms with E-state index in [0.29, 0.717) is 22.9 Å². The molecule has 0 aliphatic rings. The van der Waals surface area contributed by atoms with Crippen LogP contribution in [0.3, 0.4) is 0 Å². The van der Waals surface area contributed by atoms with E-state index in [1.54, 1.807) is 37.3 Å². The predicted molar refractivity (Wildman–Crippen MR) is 118 cm³/mol. The predicted octanol–water partition coefficient (Wildman–Crippen LogP) is 5.75. The summed E-state index contributed by atoms with van der Waals surface area (Å²) in [4.78, 5) is 24.3. The van der Waals surface area contributed by atoms with Crippen LogP contribution in [0.4, 0.5) is 0 Å². The number of hydrogen-bond acceptors (Lipinski definition) is 4. The van der Waals surface area contributed by atoms with Crippen LogP contribution in [0.1, 0.15) is 28.4 Å². The molecular formula is C25H21ClO4. The van der Waals surface area contributed by atoms with E-state index >= 15 is 0 Å². The summed E-state index contributed by atoms with van der Waals surface area (Å²) in [6.45, 7) is 1.93. The van der Waals surface area contributed by atoms with Crippen LogP contribution in [0.2, 0.25) is 5.02 Å². The SMILES string of the molecule is CC(OC(=O)/C=C/c1ccc(OCc2ccccc2Cl)cc1)C(=O)c1ccccc1. The van der Waals surface area contributed by atoms with Gasteiger partial charge in [-0.1, -0.05) is 72.3 Å². The van der Waals surface area contributed by atoms with Gasteiger partial charge in [0.15, 0.2) is 6.10 Å². The minimum atomic E-state index is -0.856. The number of ether oxygens (including phenoxy) is 2. The molecule has 0 saturated heterocycles. The largest absolute Gasteiger partial charge is 0.489 e. The maximum atomic E-state index is 12.3. The maximum absolute atomic E-state index is 12.3. The molecule has 0 aliphatic carbocycles. The first-order valence-electron chi connectivity index (χ1n) is 9.47. The summed E-state index contributed by atoms with van der Waals surface area (Å²) in [6, 6.07) is 23.5. The zero-order valence-electron chi connectivity index (χ0n) is 16.5. The molecule has 3 aromatic rings. The van der Waals surface area contributed by atoms with Gasteiger partial charge in [0.05, 0.1) is 0 Å². The second-order valence-corrected chi connectivity index (χ2v) is 7.00. The number of hydrogen-bond donors (Lipinski definition) is 0. The number of rotatable bonds is 8. The van der Waals surface area contributed by atoms with E-state index in [0.717, 1.165) is 11.1 Å². The van der Waals surface area contributed by atoms with E-state index in [2.05, 4.69) is 0 Å². The molecule has 0 heterocycles. The number of benzene rings is 3. The van der Waals surface area contributed by atoms with E-state index in [1.165, 1.54) is 6.08 Å². The highest BCUT2D eigenvalue weighted by molar-refractivity contribution is 6.31. The van der Waals surface area contributed by atoms with E-state index in [4.69, 9.17) is 21.1 Å². The normalized spacial score (nSPS) is 11.8. The number of Topliss-reactive ketones (excluding diaryl/α,β-unsaturated/α-hetero) is 1. The van der Waals surface area contributed by atoms with Gasteiger partial charge in [0.1, 0.15) is 12.4 Å². The molecule has 0 amide bonds. The van der Waals surface area contributed by atoms with Crippen LogP contribution < -0.4 is 4.74 Å². The molecule has 152 valence electrons. The zero-order chi connectivity index (χ0) is 21.3. The van der Waals surface area contributed by atoms with Crippen LogP contribution >= 0.6 is 11.6 Å². The fourth-order valence-corrected chi connectivity index (χ4v) is 2.91. The zero-order valence-corrected chi connectivity index (χ0v) is 17.2. The Hall–Kier alpha value is -3.37. The van der Waals surface area contributed by atoms with Gasteiger partial charge in [0.2, 0.25) is 5.78 Å². The molecule has 0 spiro atoms. The smallest absolute Gasteiger partial charge is 0.331 e. The standard InChI is InChI=1S/C25H21ClO4/c1-18(25(28)20-7-3-2-4-8-20)30-24(27)16-13-19-11-14-22(15-12-19)29-17-21-9-5-6-10-23(21)26/h2-16,18H,17H2,1H3/b16-13+. The van der Waals surface area contributed by atoms with Crippen LogP contribution in [-0.2, 0) is 16.1 Å². The van der Waals surface area contributed by atoms with Crippen molar-refractivity contribution in [3.8, 4) is 5.75 Å². The topological polar surface area (TPSA) is 52.6 Å². The number of carbonyl (C=O) groups is 2. The Morgan fingerprint density at radius 3 is 2.30 bits per heavy atom. The van der Waals surface area contributed by atoms with Crippen LogP contribution in [0, 0.1) is 0 Å². The van der Waals surface area contributed by atoms with Crippen molar-refractivity contribution in [2.24, 2.45) is 0 Å². The van der Waals surface area contributed by atoms with Gasteiger partial charge in [0, 0.05) is 22.2 Å². The quantitative estimate of drug-likeness (QED) is 0.264. The first-order chi connectivity index (χ1) is 14.5. The number of carbonyl (C=O) groups excluding carboxylic acids is 2. The summed E-state index contributed by atoms with van der Waals surface area (Å²) in [6.07, 6.45) is 2.07. The molecule has 4 nitrogen and oxygen atoms in total. The summed E-state index contributed by atoms with van der Waals surface area (Å²) < 4.78 is 10.9. The lowest BCUT2D eigenvalue weighted by molar-refractivity contribution is -0.140. The van der Waals surface area contributed by atoms with E-state index < -0.39 is 12.1 Å². The van der Waals surface area contributed by atoms with Gasteiger partial charge < -0.3 is 9.47 Å². The molecule has 0 bridgehead atoms. The Morgan fingerprint density at radius 1 is 0.933 bits per heavy atom. The second kappa shape index (κ2) is 10.4. The number of ketones is 1. The highest BCUT2D eigenvalue weighted by Crippen LogP contribution is 2.19. The minimum Gasteiger partial charge on any atom is -0.489 e. The Kier molecular flexibility index (Phi) is 7.41. The molecule has 0 saturated carbocycles. The van der Waals surface area contributed by atoms with Crippen LogP contribution in [0.5, 0.6) is 5.75 Å². The Balaban J connectivity index is 1.51. The van der Waals surface area contributed by atoms with Crippen molar-refractivity contribution in [3.05, 3.63) is 107 Å². The van der Waals surface area contributed by atoms with Gasteiger partial charge in [-0.3, -0.25) is 4.79 Å². The molecule has 1 atom stereocenters. The summed E-state index contributed by atoms with van der Waals surface area (Å²) in [5.41, 5.74) is 2.22. The molecule has 3 rings (SSSR count). The minimum absolute atomic E-state index is 0.239. The monoisotopic (exact) mass is 420 g/mol. The van der Waals surface area contributed by atoms with Gasteiger partial charge in [-0.15, -0.1) is 0 Å². The third-order valence-electron chi connectivity index (χ3n) is 4.36. The molecule has 3 aromatic carbocycles. The first kappa shape index (κ1) is 21.3. The summed E-state index contributed by atoms with van der Waals surface area (Å²) in [7, 11) is 0. The highest BCUT2D eigenvalue weighted by atomic mass is 35.5. The summed E-state index contributed by atoms with van der Waals surface area (Å²) in [5, 5.41) is 0.663. The van der Waals surface area contributed by atoms with Crippen molar-refractivity contribution in [2.75, 3.05) is 0 Å². The number of halogens is 1. The molecule has 1 unspecified atom stereocenters. The Morgan fingerprint density at radius 2 is 1.60 bits per heavy atom. The van der Waals surface area contributed by atoms with Crippen LogP contribution in [-0.4, -0.2) is 17.9 Å². The van der Waals surface area contributed by atoms with Crippen molar-refractivity contribution in [1.29, 1.82) is 0 Å². The fraction of sp³-hybridized carbons (Fsp3) is 0.120. The van der Waals surface area contributed by atoms with Crippen LogP contribution in [0.25, 0.3) is 6.08 Å². The molecule has 5 heteroatoms. The third kappa shape index (κ3) is 6.06. The van der Waals surface area contributed by atoms with Gasteiger partial charge in [0.25, 0.3) is 0 Å². The Labute approximate surface area is 180 Å². The average Bonchev–Trinajstić information content (AvgIpc) is 2.78. The average molecular weight is 421 g/mol. The fourth-order valence-electron chi connectivity index (χ4n) is 2.72. The highest BCUT2D eigenvalue weighted by Gasteiger charge is 2.17. The molecular weight excluding hydrogens is 400 g/mol. The van der Waals surface area contributed by atoms with E-state index in [1.807, 2.05) is 54.6 Å². The summed E-state index contributed by atoms with van der Waals surface area (Å²) in [5.74, 6) is -0.125. The third-order valence-corrected chi connectivity index (χ3v) is 4.73. The lowest BCUT2D eigenvalue weighted by atomic mass is 10.1. The van der Waals surface area contributed by atoms with Crippen molar-refractivity contribution in [2.45, 2.75) is 19.6 Å². The number of esters is 1. The summed E-state index contributed by atoms with van der Waals surface area (Å²) >= 11 is 6.12. The first-order valence-corrected chi connectivity index (χ1v) is 9.85. The molecule has 0 fully saturated rings. The molecule has 0 N–H and O–H groups in total. The van der Waals surface area contributed by atoms with E-state index in [-0.39, 0.29) is 5.78 Å². The molecule has 0 radical (unpaired) electrons. The lowest BCUT2D eigenvalue weighted by Crippen LogP contribution is -2.23. The van der Waals surface area contributed by atoms with Crippen molar-refractivity contribution in [1.82, 2.24) is 0 Å². The van der Waals surface area contributed by atoms with Crippen molar-refractivity contribution in [3.63, 3.8) is 0 Å². The van der Waals surface area contributed by atoms with Gasteiger partial charge in [-0.25, -0.2) is 4.79 Å². The second-order valence-electron chi connectivity index (χ2n) is 6.59. The lowest BCUT2D eigenvalue weighted by Gasteiger charge is -2.10. The van der Waals surface area contributed by atoms with Gasteiger partial charge in [-0.05, 0) is 36.8 Å². The molecule has 0 aliphatic heterocycles. The van der Waals surface area contributed by atoms with E-state index in [9.17, 15) is 9.59 Å². The van der Waals surface area contributed by atoms with Gasteiger partial charge >= 0.3 is 5.97 Å². The molecule has 0 aromatic heterocycles. The Bertz CT molecular complexity index is 1030. The van der Waals surface area contributed by atoms with Crippen LogP contribution in [0.15, 0.2) is 84.9 Å². The maximum Gasteiger partial charge on any atom is 0.331 e. The van der Waals surface area contributed by atoms with Crippen molar-refractivity contribution < 1.29 is 19.1 Å². The molecule has 30 heavy (non-hydrogen) atoms. The van der Waals surface area contributed by atoms with Crippen molar-refractivity contribution >= 4 is 29.4 Å². The van der Waals surface area contributed by atoms with Gasteiger partial charge in [-0.2, -0.15) is 0 Å².